The quantitative estimate of drug-likeness (QED) is 0.889. The lowest BCUT2D eigenvalue weighted by molar-refractivity contribution is -0.122. The van der Waals surface area contributed by atoms with Gasteiger partial charge < -0.3 is 10.2 Å². The molecule has 3 rings (SSSR count). The molecule has 0 radical (unpaired) electrons. The van der Waals surface area contributed by atoms with Gasteiger partial charge in [0.05, 0.1) is 17.2 Å². The highest BCUT2D eigenvalue weighted by atomic mass is 16.2. The predicted molar refractivity (Wildman–Crippen MR) is 103 cm³/mol. The first kappa shape index (κ1) is 18.6. The number of rotatable bonds is 5. The molecule has 1 amide bonds. The number of likely N-dealkylation sites (tertiary alicyclic amines) is 1. The molecule has 1 saturated heterocycles. The van der Waals surface area contributed by atoms with Crippen molar-refractivity contribution < 1.29 is 4.79 Å². The van der Waals surface area contributed by atoms with Crippen molar-refractivity contribution in [2.45, 2.75) is 46.2 Å². The zero-order valence-electron chi connectivity index (χ0n) is 15.9. The Hall–Kier alpha value is -2.21. The van der Waals surface area contributed by atoms with Crippen molar-refractivity contribution in [1.29, 1.82) is 0 Å². The fraction of sp³-hybridized carbons (Fsp3) is 0.550. The topological polar surface area (TPSA) is 67.2 Å². The number of hydrogen-bond donors (Lipinski definition) is 1. The van der Waals surface area contributed by atoms with Crippen LogP contribution in [0.4, 0.5) is 0 Å². The summed E-state index contributed by atoms with van der Waals surface area (Å²) >= 11 is 0. The maximum Gasteiger partial charge on any atom is 0.261 e. The van der Waals surface area contributed by atoms with Gasteiger partial charge in [-0.3, -0.25) is 14.2 Å². The number of fused-ring (bicyclic) bond motifs is 1. The Morgan fingerprint density at radius 2 is 2.19 bits per heavy atom. The summed E-state index contributed by atoms with van der Waals surface area (Å²) in [6.07, 6.45) is 3.78. The summed E-state index contributed by atoms with van der Waals surface area (Å²) in [6, 6.07) is 6.07. The first-order valence-corrected chi connectivity index (χ1v) is 9.41. The van der Waals surface area contributed by atoms with E-state index in [1.54, 1.807) is 6.07 Å². The molecule has 1 fully saturated rings. The number of hydrogen-bond acceptors (Lipinski definition) is 4. The summed E-state index contributed by atoms with van der Waals surface area (Å²) in [6.45, 7) is 9.18. The molecule has 6 nitrogen and oxygen atoms in total. The number of nitrogens with one attached hydrogen (secondary N) is 1. The van der Waals surface area contributed by atoms with E-state index in [-0.39, 0.29) is 18.0 Å². The molecule has 1 aromatic heterocycles. The van der Waals surface area contributed by atoms with E-state index in [1.165, 1.54) is 17.3 Å². The number of para-hydroxylation sites is 1. The minimum Gasteiger partial charge on any atom is -0.354 e. The summed E-state index contributed by atoms with van der Waals surface area (Å²) < 4.78 is 1.39. The maximum absolute atomic E-state index is 12.6. The summed E-state index contributed by atoms with van der Waals surface area (Å²) in [5.41, 5.74) is 1.49. The van der Waals surface area contributed by atoms with Crippen LogP contribution in [-0.4, -0.2) is 46.0 Å². The molecule has 2 aromatic rings. The molecule has 0 unspecified atom stereocenters. The predicted octanol–water partition coefficient (Wildman–Crippen LogP) is 1.94. The fourth-order valence-electron chi connectivity index (χ4n) is 3.65. The summed E-state index contributed by atoms with van der Waals surface area (Å²) in [5.74, 6) is 0.340. The molecule has 0 bridgehead atoms. The van der Waals surface area contributed by atoms with Crippen LogP contribution in [-0.2, 0) is 11.3 Å². The van der Waals surface area contributed by atoms with Gasteiger partial charge in [-0.2, -0.15) is 0 Å². The fourth-order valence-corrected chi connectivity index (χ4v) is 3.65. The summed E-state index contributed by atoms with van der Waals surface area (Å²) in [4.78, 5) is 31.7. The van der Waals surface area contributed by atoms with Gasteiger partial charge in [-0.25, -0.2) is 4.98 Å². The van der Waals surface area contributed by atoms with E-state index in [1.807, 2.05) is 19.1 Å². The highest BCUT2D eigenvalue weighted by Crippen LogP contribution is 2.17. The largest absolute Gasteiger partial charge is 0.354 e. The second kappa shape index (κ2) is 7.99. The van der Waals surface area contributed by atoms with E-state index >= 15 is 0 Å². The first-order chi connectivity index (χ1) is 12.5. The van der Waals surface area contributed by atoms with Crippen LogP contribution in [0, 0.1) is 12.8 Å². The third-order valence-electron chi connectivity index (χ3n) is 5.24. The Morgan fingerprint density at radius 3 is 2.96 bits per heavy atom. The van der Waals surface area contributed by atoms with Crippen molar-refractivity contribution in [3.05, 3.63) is 40.4 Å². The van der Waals surface area contributed by atoms with Crippen LogP contribution in [0.5, 0.6) is 0 Å². The Kier molecular flexibility index (Phi) is 5.71. The van der Waals surface area contributed by atoms with Crippen molar-refractivity contribution in [2.75, 3.05) is 19.6 Å². The van der Waals surface area contributed by atoms with Gasteiger partial charge in [0.15, 0.2) is 0 Å². The van der Waals surface area contributed by atoms with Crippen molar-refractivity contribution in [3.8, 4) is 0 Å². The van der Waals surface area contributed by atoms with E-state index in [9.17, 15) is 9.59 Å². The first-order valence-electron chi connectivity index (χ1n) is 9.41. The normalized spacial score (nSPS) is 18.4. The molecule has 6 heteroatoms. The molecule has 1 N–H and O–H groups in total. The van der Waals surface area contributed by atoms with E-state index in [4.69, 9.17) is 0 Å². The lowest BCUT2D eigenvalue weighted by Crippen LogP contribution is -2.44. The SMILES string of the molecule is Cc1cccc2c(=O)n(CC(=O)NC[C@H]3CCCN(C(C)C)C3)cnc12. The van der Waals surface area contributed by atoms with Gasteiger partial charge in [0.1, 0.15) is 6.54 Å². The number of aryl methyl sites for hydroxylation is 1. The minimum atomic E-state index is -0.169. The molecule has 140 valence electrons. The Balaban J connectivity index is 1.61. The van der Waals surface area contributed by atoms with Crippen LogP contribution in [0.3, 0.4) is 0 Å². The molecule has 1 aromatic carbocycles. The number of carbonyl (C=O) groups excluding carboxylic acids is 1. The van der Waals surface area contributed by atoms with Crippen molar-refractivity contribution in [1.82, 2.24) is 19.8 Å². The number of carbonyl (C=O) groups is 1. The van der Waals surface area contributed by atoms with E-state index < -0.39 is 0 Å². The molecule has 1 atom stereocenters. The lowest BCUT2D eigenvalue weighted by Gasteiger charge is -2.35. The molecular weight excluding hydrogens is 328 g/mol. The molecule has 2 heterocycles. The molecule has 1 aliphatic heterocycles. The van der Waals surface area contributed by atoms with Gasteiger partial charge in [-0.1, -0.05) is 12.1 Å². The molecule has 0 spiro atoms. The van der Waals surface area contributed by atoms with Crippen molar-refractivity contribution in [3.63, 3.8) is 0 Å². The molecule has 1 aliphatic rings. The van der Waals surface area contributed by atoms with Gasteiger partial charge >= 0.3 is 0 Å². The summed E-state index contributed by atoms with van der Waals surface area (Å²) in [5, 5.41) is 3.55. The number of aromatic nitrogens is 2. The average molecular weight is 356 g/mol. The standard InChI is InChI=1S/C20H28N4O2/c1-14(2)23-9-5-7-16(11-23)10-21-18(25)12-24-13-22-19-15(3)6-4-8-17(19)20(24)26/h4,6,8,13-14,16H,5,7,9-12H2,1-3H3,(H,21,25)/t16-/m1/s1. The Bertz CT molecular complexity index is 843. The van der Waals surface area contributed by atoms with Crippen LogP contribution >= 0.6 is 0 Å². The van der Waals surface area contributed by atoms with Crippen LogP contribution in [0.15, 0.2) is 29.3 Å². The zero-order chi connectivity index (χ0) is 18.7. The van der Waals surface area contributed by atoms with Crippen molar-refractivity contribution in [2.24, 2.45) is 5.92 Å². The highest BCUT2D eigenvalue weighted by molar-refractivity contribution is 5.81. The lowest BCUT2D eigenvalue weighted by atomic mass is 9.97. The maximum atomic E-state index is 12.6. The highest BCUT2D eigenvalue weighted by Gasteiger charge is 2.22. The van der Waals surface area contributed by atoms with E-state index in [0.29, 0.717) is 29.4 Å². The molecule has 26 heavy (non-hydrogen) atoms. The molecule has 0 aliphatic carbocycles. The van der Waals surface area contributed by atoms with Gasteiger partial charge in [0.2, 0.25) is 5.91 Å². The van der Waals surface area contributed by atoms with Crippen molar-refractivity contribution >= 4 is 16.8 Å². The van der Waals surface area contributed by atoms with Crippen LogP contribution < -0.4 is 10.9 Å². The third-order valence-corrected chi connectivity index (χ3v) is 5.24. The monoisotopic (exact) mass is 356 g/mol. The van der Waals surface area contributed by atoms with E-state index in [2.05, 4.69) is 29.0 Å². The Labute approximate surface area is 154 Å². The summed E-state index contributed by atoms with van der Waals surface area (Å²) in [7, 11) is 0. The van der Waals surface area contributed by atoms with Crippen LogP contribution in [0.25, 0.3) is 10.9 Å². The van der Waals surface area contributed by atoms with Gasteiger partial charge in [-0.05, 0) is 57.7 Å². The smallest absolute Gasteiger partial charge is 0.261 e. The number of piperidine rings is 1. The van der Waals surface area contributed by atoms with Gasteiger partial charge in [-0.15, -0.1) is 0 Å². The number of benzene rings is 1. The molecular formula is C20H28N4O2. The van der Waals surface area contributed by atoms with Crippen LogP contribution in [0.2, 0.25) is 0 Å². The minimum absolute atomic E-state index is 0.0102. The number of amides is 1. The second-order valence-corrected chi connectivity index (χ2v) is 7.55. The van der Waals surface area contributed by atoms with E-state index in [0.717, 1.165) is 25.1 Å². The molecule has 0 saturated carbocycles. The second-order valence-electron chi connectivity index (χ2n) is 7.55. The van der Waals surface area contributed by atoms with Gasteiger partial charge in [0.25, 0.3) is 5.56 Å². The third kappa shape index (κ3) is 4.12. The average Bonchev–Trinajstić information content (AvgIpc) is 2.63. The Morgan fingerprint density at radius 1 is 1.38 bits per heavy atom. The van der Waals surface area contributed by atoms with Crippen LogP contribution in [0.1, 0.15) is 32.3 Å². The number of nitrogens with zero attached hydrogens (tertiary/aromatic N) is 3. The van der Waals surface area contributed by atoms with Gasteiger partial charge in [0, 0.05) is 19.1 Å². The zero-order valence-corrected chi connectivity index (χ0v) is 15.9.